The van der Waals surface area contributed by atoms with Crippen LogP contribution in [0.2, 0.25) is 0 Å². The molecular weight excluding hydrogens is 340 g/mol. The molecule has 0 N–H and O–H groups in total. The number of rotatable bonds is 2. The first-order valence-electron chi connectivity index (χ1n) is 9.16. The van der Waals surface area contributed by atoms with Crippen molar-refractivity contribution in [2.45, 2.75) is 63.4 Å². The van der Waals surface area contributed by atoms with Crippen molar-refractivity contribution in [3.8, 4) is 0 Å². The maximum atomic E-state index is 12.7. The molecule has 0 amide bonds. The summed E-state index contributed by atoms with van der Waals surface area (Å²) in [5, 5.41) is 0. The number of hydrogen-bond acceptors (Lipinski definition) is 7. The Hall–Kier alpha value is -1.89. The maximum absolute atomic E-state index is 12.7. The Balaban J connectivity index is 1.64. The van der Waals surface area contributed by atoms with E-state index in [1.54, 1.807) is 0 Å². The predicted octanol–water partition coefficient (Wildman–Crippen LogP) is 1.29. The molecule has 2 saturated carbocycles. The van der Waals surface area contributed by atoms with Crippen molar-refractivity contribution in [3.63, 3.8) is 0 Å². The van der Waals surface area contributed by atoms with Gasteiger partial charge in [0.2, 0.25) is 0 Å². The van der Waals surface area contributed by atoms with Gasteiger partial charge in [0.15, 0.2) is 5.60 Å². The summed E-state index contributed by atoms with van der Waals surface area (Å²) in [5.74, 6) is -1.14. The third kappa shape index (κ3) is 1.66. The van der Waals surface area contributed by atoms with E-state index < -0.39 is 34.5 Å². The molecule has 140 valence electrons. The number of carbonyl (C=O) groups is 3. The van der Waals surface area contributed by atoms with Crippen molar-refractivity contribution in [1.82, 2.24) is 0 Å². The maximum Gasteiger partial charge on any atom is 0.331 e. The van der Waals surface area contributed by atoms with Crippen LogP contribution in [0.15, 0.2) is 11.6 Å². The van der Waals surface area contributed by atoms with Gasteiger partial charge in [-0.25, -0.2) is 4.79 Å². The summed E-state index contributed by atoms with van der Waals surface area (Å²) in [5.41, 5.74) is -0.966. The minimum atomic E-state index is -0.874. The molecule has 0 aromatic rings. The highest BCUT2D eigenvalue weighted by Gasteiger charge is 2.82. The highest BCUT2D eigenvalue weighted by molar-refractivity contribution is 5.88. The number of esters is 3. The summed E-state index contributed by atoms with van der Waals surface area (Å²) in [6.45, 7) is 4.07. The average Bonchev–Trinajstić information content (AvgIpc) is 3.26. The van der Waals surface area contributed by atoms with E-state index in [4.69, 9.17) is 18.9 Å². The molecule has 0 bridgehead atoms. The summed E-state index contributed by atoms with van der Waals surface area (Å²) in [4.78, 5) is 36.8. The Bertz CT molecular complexity index is 772. The first kappa shape index (κ1) is 16.3. The first-order valence-corrected chi connectivity index (χ1v) is 9.16. The van der Waals surface area contributed by atoms with Crippen LogP contribution >= 0.6 is 0 Å². The summed E-state index contributed by atoms with van der Waals surface area (Å²) >= 11 is 0. The van der Waals surface area contributed by atoms with E-state index in [2.05, 4.69) is 6.92 Å². The molecule has 2 aliphatic carbocycles. The van der Waals surface area contributed by atoms with E-state index in [0.29, 0.717) is 0 Å². The van der Waals surface area contributed by atoms with Gasteiger partial charge in [-0.15, -0.1) is 0 Å². The monoisotopic (exact) mass is 362 g/mol. The molecule has 1 spiro atoms. The molecule has 2 saturated heterocycles. The van der Waals surface area contributed by atoms with Gasteiger partial charge >= 0.3 is 17.9 Å². The standard InChI is InChI=1S/C19H22O7/c1-17-5-4-6-18(2)14(17)13(25-16(18)22)15-19(26-15)9(17)7-12(21)24-10(19)8-11(20)23-3/h7,10,13-15H,4-6,8H2,1-3H3/t10?,13-,14+,15?,17+,18?,19?/m0/s1. The van der Waals surface area contributed by atoms with E-state index in [0.717, 1.165) is 24.8 Å². The van der Waals surface area contributed by atoms with Crippen LogP contribution in [-0.2, 0) is 33.3 Å². The van der Waals surface area contributed by atoms with Gasteiger partial charge in [-0.1, -0.05) is 13.3 Å². The topological polar surface area (TPSA) is 91.4 Å². The SMILES string of the molecule is COC(=O)CC1OC(=O)C=C2C13OC3[C@H]1OC(=O)C3(C)CCC[C@@]2(C)[C@@H]13. The number of carbonyl (C=O) groups excluding carboxylic acids is 3. The molecule has 5 aliphatic rings. The van der Waals surface area contributed by atoms with E-state index in [1.165, 1.54) is 13.2 Å². The molecule has 4 unspecified atom stereocenters. The second kappa shape index (κ2) is 4.68. The number of methoxy groups -OCH3 is 1. The predicted molar refractivity (Wildman–Crippen MR) is 85.6 cm³/mol. The molecule has 7 heteroatoms. The third-order valence-electron chi connectivity index (χ3n) is 7.40. The van der Waals surface area contributed by atoms with E-state index in [-0.39, 0.29) is 30.5 Å². The Kier molecular flexibility index (Phi) is 2.94. The number of cyclic esters (lactones) is 1. The second-order valence-electron chi connectivity index (χ2n) is 8.63. The third-order valence-corrected chi connectivity index (χ3v) is 7.40. The Morgan fingerprint density at radius 1 is 1.23 bits per heavy atom. The van der Waals surface area contributed by atoms with Gasteiger partial charge in [0.05, 0.1) is 18.9 Å². The van der Waals surface area contributed by atoms with Crippen LogP contribution in [0.3, 0.4) is 0 Å². The Morgan fingerprint density at radius 2 is 1.96 bits per heavy atom. The van der Waals surface area contributed by atoms with Crippen molar-refractivity contribution in [1.29, 1.82) is 0 Å². The number of ether oxygens (including phenoxy) is 4. The summed E-state index contributed by atoms with van der Waals surface area (Å²) < 4.78 is 22.2. The molecule has 0 radical (unpaired) electrons. The zero-order valence-corrected chi connectivity index (χ0v) is 15.1. The van der Waals surface area contributed by atoms with E-state index >= 15 is 0 Å². The molecule has 5 rings (SSSR count). The molecule has 0 aromatic heterocycles. The van der Waals surface area contributed by atoms with Crippen LogP contribution in [0.25, 0.3) is 0 Å². The smallest absolute Gasteiger partial charge is 0.331 e. The van der Waals surface area contributed by atoms with Crippen molar-refractivity contribution in [2.24, 2.45) is 16.7 Å². The van der Waals surface area contributed by atoms with Crippen molar-refractivity contribution >= 4 is 17.9 Å². The molecule has 3 heterocycles. The molecule has 3 aliphatic heterocycles. The van der Waals surface area contributed by atoms with Crippen LogP contribution in [0.1, 0.15) is 39.5 Å². The fourth-order valence-corrected chi connectivity index (χ4v) is 6.32. The highest BCUT2D eigenvalue weighted by atomic mass is 16.7. The van der Waals surface area contributed by atoms with Crippen molar-refractivity contribution in [2.75, 3.05) is 7.11 Å². The minimum absolute atomic E-state index is 0.0344. The van der Waals surface area contributed by atoms with Gasteiger partial charge in [-0.2, -0.15) is 0 Å². The lowest BCUT2D eigenvalue weighted by molar-refractivity contribution is -0.156. The zero-order chi connectivity index (χ0) is 18.5. The molecule has 26 heavy (non-hydrogen) atoms. The number of epoxide rings is 1. The van der Waals surface area contributed by atoms with Crippen molar-refractivity contribution < 1.29 is 33.3 Å². The number of hydrogen-bond donors (Lipinski definition) is 0. The van der Waals surface area contributed by atoms with Crippen LogP contribution in [-0.4, -0.2) is 48.9 Å². The normalized spacial score (nSPS) is 50.5. The van der Waals surface area contributed by atoms with Gasteiger partial charge in [-0.3, -0.25) is 9.59 Å². The molecule has 7 atom stereocenters. The Labute approximate surface area is 151 Å². The number of fused-ring (bicyclic) bond motifs is 2. The average molecular weight is 362 g/mol. The second-order valence-corrected chi connectivity index (χ2v) is 8.63. The molecule has 0 aromatic carbocycles. The van der Waals surface area contributed by atoms with Gasteiger partial charge < -0.3 is 18.9 Å². The largest absolute Gasteiger partial charge is 0.469 e. The molecule has 4 fully saturated rings. The van der Waals surface area contributed by atoms with E-state index in [9.17, 15) is 14.4 Å². The lowest BCUT2D eigenvalue weighted by Crippen LogP contribution is -2.60. The van der Waals surface area contributed by atoms with Gasteiger partial charge in [0.25, 0.3) is 0 Å². The first-order chi connectivity index (χ1) is 12.3. The van der Waals surface area contributed by atoms with Crippen LogP contribution in [0, 0.1) is 16.7 Å². The fourth-order valence-electron chi connectivity index (χ4n) is 6.32. The van der Waals surface area contributed by atoms with E-state index in [1.807, 2.05) is 6.92 Å². The molecular formula is C19H22O7. The summed E-state index contributed by atoms with van der Waals surface area (Å²) in [7, 11) is 1.30. The van der Waals surface area contributed by atoms with Gasteiger partial charge in [-0.05, 0) is 30.8 Å². The molecule has 7 nitrogen and oxygen atoms in total. The lowest BCUT2D eigenvalue weighted by Gasteiger charge is -2.53. The van der Waals surface area contributed by atoms with Crippen LogP contribution < -0.4 is 0 Å². The van der Waals surface area contributed by atoms with Crippen LogP contribution in [0.4, 0.5) is 0 Å². The van der Waals surface area contributed by atoms with Crippen molar-refractivity contribution in [3.05, 3.63) is 11.6 Å². The summed E-state index contributed by atoms with van der Waals surface area (Å²) in [6.07, 6.45) is 2.46. The highest BCUT2D eigenvalue weighted by Crippen LogP contribution is 2.72. The van der Waals surface area contributed by atoms with Gasteiger partial charge in [0, 0.05) is 12.0 Å². The quantitative estimate of drug-likeness (QED) is 0.415. The fraction of sp³-hybridized carbons (Fsp3) is 0.737. The zero-order valence-electron chi connectivity index (χ0n) is 15.1. The summed E-state index contributed by atoms with van der Waals surface area (Å²) in [6, 6.07) is 0. The van der Waals surface area contributed by atoms with Crippen LogP contribution in [0.5, 0.6) is 0 Å². The lowest BCUT2D eigenvalue weighted by atomic mass is 9.47. The minimum Gasteiger partial charge on any atom is -0.469 e. The Morgan fingerprint density at radius 3 is 2.69 bits per heavy atom. The van der Waals surface area contributed by atoms with Gasteiger partial charge in [0.1, 0.15) is 18.3 Å².